The van der Waals surface area contributed by atoms with E-state index in [4.69, 9.17) is 4.74 Å². The van der Waals surface area contributed by atoms with Gasteiger partial charge in [0.2, 0.25) is 5.91 Å². The molecule has 1 saturated heterocycles. The molecule has 0 spiro atoms. The number of hydrogen-bond acceptors (Lipinski definition) is 5. The van der Waals surface area contributed by atoms with Crippen molar-refractivity contribution >= 4 is 29.2 Å². The minimum Gasteiger partial charge on any atom is -0.497 e. The van der Waals surface area contributed by atoms with Crippen molar-refractivity contribution in [3.8, 4) is 5.75 Å². The summed E-state index contributed by atoms with van der Waals surface area (Å²) in [5, 5.41) is 7.42. The standard InChI is InChI=1S/C19H21N3O4S/c1-3-19(13-6-8-14(26-2)9-7-13)17(24)22(18(25)21-19)12-16(23)20-11-15-5-4-10-27-15/h4-10H,3,11-12H2,1-2H3,(H,20,23)(H,21,25)/t19-/m1/s1. The molecule has 2 aromatic rings. The highest BCUT2D eigenvalue weighted by molar-refractivity contribution is 7.09. The van der Waals surface area contributed by atoms with Crippen LogP contribution in [0.5, 0.6) is 5.75 Å². The van der Waals surface area contributed by atoms with E-state index in [9.17, 15) is 14.4 Å². The lowest BCUT2D eigenvalue weighted by Gasteiger charge is -2.26. The van der Waals surface area contributed by atoms with Gasteiger partial charge in [-0.1, -0.05) is 25.1 Å². The molecule has 1 aliphatic rings. The zero-order valence-corrected chi connectivity index (χ0v) is 16.0. The van der Waals surface area contributed by atoms with E-state index in [-0.39, 0.29) is 12.5 Å². The van der Waals surface area contributed by atoms with Crippen molar-refractivity contribution < 1.29 is 19.1 Å². The number of carbonyl (C=O) groups excluding carboxylic acids is 3. The van der Waals surface area contributed by atoms with Crippen LogP contribution in [-0.4, -0.2) is 36.4 Å². The van der Waals surface area contributed by atoms with Gasteiger partial charge in [-0.2, -0.15) is 0 Å². The quantitative estimate of drug-likeness (QED) is 0.713. The number of carbonyl (C=O) groups is 3. The van der Waals surface area contributed by atoms with E-state index in [1.165, 1.54) is 11.3 Å². The zero-order chi connectivity index (χ0) is 19.4. The first-order valence-corrected chi connectivity index (χ1v) is 9.46. The highest BCUT2D eigenvalue weighted by atomic mass is 32.1. The number of imide groups is 1. The number of benzene rings is 1. The largest absolute Gasteiger partial charge is 0.497 e. The molecule has 0 unspecified atom stereocenters. The monoisotopic (exact) mass is 387 g/mol. The first-order valence-electron chi connectivity index (χ1n) is 8.58. The number of hydrogen-bond donors (Lipinski definition) is 2. The fourth-order valence-corrected chi connectivity index (χ4v) is 3.73. The number of nitrogens with one attached hydrogen (secondary N) is 2. The van der Waals surface area contributed by atoms with Crippen molar-refractivity contribution in [1.82, 2.24) is 15.5 Å². The van der Waals surface area contributed by atoms with Crippen LogP contribution in [0.2, 0.25) is 0 Å². The smallest absolute Gasteiger partial charge is 0.325 e. The molecule has 1 aliphatic heterocycles. The summed E-state index contributed by atoms with van der Waals surface area (Å²) in [5.74, 6) is -0.147. The predicted octanol–water partition coefficient (Wildman–Crippen LogP) is 2.23. The van der Waals surface area contributed by atoms with Crippen LogP contribution >= 0.6 is 11.3 Å². The van der Waals surface area contributed by atoms with Gasteiger partial charge < -0.3 is 15.4 Å². The molecule has 0 radical (unpaired) electrons. The zero-order valence-electron chi connectivity index (χ0n) is 15.2. The number of urea groups is 1. The number of ether oxygens (including phenoxy) is 1. The van der Waals surface area contributed by atoms with E-state index in [0.717, 1.165) is 9.78 Å². The molecule has 7 nitrogen and oxygen atoms in total. The Morgan fingerprint density at radius 1 is 1.26 bits per heavy atom. The molecular formula is C19H21N3O4S. The van der Waals surface area contributed by atoms with Crippen LogP contribution in [0, 0.1) is 0 Å². The van der Waals surface area contributed by atoms with Crippen molar-refractivity contribution in [2.45, 2.75) is 25.4 Å². The maximum Gasteiger partial charge on any atom is 0.325 e. The molecule has 0 aliphatic carbocycles. The highest BCUT2D eigenvalue weighted by Crippen LogP contribution is 2.33. The van der Waals surface area contributed by atoms with Crippen LogP contribution < -0.4 is 15.4 Å². The molecule has 27 heavy (non-hydrogen) atoms. The van der Waals surface area contributed by atoms with Crippen molar-refractivity contribution in [3.05, 3.63) is 52.2 Å². The molecule has 0 saturated carbocycles. The third-order valence-corrected chi connectivity index (χ3v) is 5.51. The summed E-state index contributed by atoms with van der Waals surface area (Å²) < 4.78 is 5.14. The minimum absolute atomic E-state index is 0.312. The molecular weight excluding hydrogens is 366 g/mol. The third-order valence-electron chi connectivity index (χ3n) is 4.63. The Kier molecular flexibility index (Phi) is 5.46. The van der Waals surface area contributed by atoms with E-state index in [1.807, 2.05) is 24.4 Å². The topological polar surface area (TPSA) is 87.7 Å². The lowest BCUT2D eigenvalue weighted by Crippen LogP contribution is -2.44. The van der Waals surface area contributed by atoms with Crippen LogP contribution in [0.25, 0.3) is 0 Å². The second kappa shape index (κ2) is 7.79. The summed E-state index contributed by atoms with van der Waals surface area (Å²) in [6.45, 7) is 1.88. The van der Waals surface area contributed by atoms with Crippen molar-refractivity contribution in [2.75, 3.05) is 13.7 Å². The molecule has 142 valence electrons. The van der Waals surface area contributed by atoms with Gasteiger partial charge in [-0.25, -0.2) is 4.79 Å². The Bertz CT molecular complexity index is 835. The maximum absolute atomic E-state index is 13.0. The van der Waals surface area contributed by atoms with Gasteiger partial charge in [0.25, 0.3) is 5.91 Å². The van der Waals surface area contributed by atoms with Crippen LogP contribution in [0.3, 0.4) is 0 Å². The molecule has 1 aromatic heterocycles. The average Bonchev–Trinajstić information content (AvgIpc) is 3.29. The van der Waals surface area contributed by atoms with Gasteiger partial charge in [0.15, 0.2) is 0 Å². The van der Waals surface area contributed by atoms with E-state index in [2.05, 4.69) is 10.6 Å². The summed E-state index contributed by atoms with van der Waals surface area (Å²) in [4.78, 5) is 39.6. The molecule has 1 fully saturated rings. The number of methoxy groups -OCH3 is 1. The summed E-state index contributed by atoms with van der Waals surface area (Å²) in [5.41, 5.74) is -0.511. The second-order valence-corrected chi connectivity index (χ2v) is 7.20. The van der Waals surface area contributed by atoms with Gasteiger partial charge in [0.05, 0.1) is 13.7 Å². The van der Waals surface area contributed by atoms with Gasteiger partial charge in [-0.15, -0.1) is 11.3 Å². The third kappa shape index (κ3) is 3.66. The minimum atomic E-state index is -1.17. The van der Waals surface area contributed by atoms with E-state index < -0.39 is 17.5 Å². The maximum atomic E-state index is 13.0. The van der Waals surface area contributed by atoms with Gasteiger partial charge in [0, 0.05) is 4.88 Å². The van der Waals surface area contributed by atoms with E-state index in [1.54, 1.807) is 31.4 Å². The average molecular weight is 387 g/mol. The second-order valence-electron chi connectivity index (χ2n) is 6.16. The van der Waals surface area contributed by atoms with Crippen LogP contribution in [-0.2, 0) is 21.7 Å². The lowest BCUT2D eigenvalue weighted by molar-refractivity contribution is -0.135. The molecule has 1 atom stereocenters. The molecule has 0 bridgehead atoms. The predicted molar refractivity (Wildman–Crippen MR) is 101 cm³/mol. The van der Waals surface area contributed by atoms with Gasteiger partial charge >= 0.3 is 6.03 Å². The Balaban J connectivity index is 1.73. The Labute approximate surface area is 161 Å². The van der Waals surface area contributed by atoms with Crippen molar-refractivity contribution in [2.24, 2.45) is 0 Å². The number of nitrogens with zero attached hydrogens (tertiary/aromatic N) is 1. The van der Waals surface area contributed by atoms with Gasteiger partial charge in [-0.05, 0) is 35.6 Å². The van der Waals surface area contributed by atoms with Crippen molar-refractivity contribution in [1.29, 1.82) is 0 Å². The molecule has 8 heteroatoms. The summed E-state index contributed by atoms with van der Waals surface area (Å²) in [6.07, 6.45) is 0.372. The fourth-order valence-electron chi connectivity index (χ4n) is 3.08. The Morgan fingerprint density at radius 3 is 2.59 bits per heavy atom. The number of thiophene rings is 1. The SMILES string of the molecule is CC[C@]1(c2ccc(OC)cc2)NC(=O)N(CC(=O)NCc2cccs2)C1=O. The fraction of sp³-hybridized carbons (Fsp3) is 0.316. The molecule has 4 amide bonds. The van der Waals surface area contributed by atoms with Crippen molar-refractivity contribution in [3.63, 3.8) is 0 Å². The summed E-state index contributed by atoms with van der Waals surface area (Å²) >= 11 is 1.53. The van der Waals surface area contributed by atoms with Crippen LogP contribution in [0.4, 0.5) is 4.79 Å². The van der Waals surface area contributed by atoms with Gasteiger partial charge in [-0.3, -0.25) is 14.5 Å². The lowest BCUT2D eigenvalue weighted by atomic mass is 9.87. The summed E-state index contributed by atoms with van der Waals surface area (Å²) in [6, 6.07) is 10.2. The Morgan fingerprint density at radius 2 is 2.00 bits per heavy atom. The number of amides is 4. The normalized spacial score (nSPS) is 19.1. The molecule has 2 N–H and O–H groups in total. The Hall–Kier alpha value is -2.87. The number of rotatable bonds is 7. The first-order chi connectivity index (χ1) is 13.0. The van der Waals surface area contributed by atoms with Crippen LogP contribution in [0.1, 0.15) is 23.8 Å². The molecule has 3 rings (SSSR count). The summed E-state index contributed by atoms with van der Waals surface area (Å²) in [7, 11) is 1.56. The molecule has 2 heterocycles. The molecule has 1 aromatic carbocycles. The van der Waals surface area contributed by atoms with Crippen LogP contribution in [0.15, 0.2) is 41.8 Å². The van der Waals surface area contributed by atoms with E-state index >= 15 is 0 Å². The van der Waals surface area contributed by atoms with Gasteiger partial charge in [0.1, 0.15) is 17.8 Å². The highest BCUT2D eigenvalue weighted by Gasteiger charge is 2.51. The first kappa shape index (κ1) is 18.9. The van der Waals surface area contributed by atoms with E-state index in [0.29, 0.717) is 24.3 Å².